The zero-order valence-corrected chi connectivity index (χ0v) is 23.8. The van der Waals surface area contributed by atoms with Gasteiger partial charge >= 0.3 is 0 Å². The molecular weight excluding hydrogens is 528 g/mol. The predicted molar refractivity (Wildman–Crippen MR) is 163 cm³/mol. The number of hydrogen-bond donors (Lipinski definition) is 1. The van der Waals surface area contributed by atoms with Gasteiger partial charge in [0.05, 0.1) is 23.7 Å². The largest absolute Gasteiger partial charge is 0.494 e. The maximum atomic E-state index is 13.4. The van der Waals surface area contributed by atoms with Crippen molar-refractivity contribution in [2.75, 3.05) is 11.9 Å². The number of ether oxygens (including phenoxy) is 1. The van der Waals surface area contributed by atoms with Crippen LogP contribution in [0.2, 0.25) is 0 Å². The summed E-state index contributed by atoms with van der Waals surface area (Å²) < 4.78 is 10.5. The smallest absolute Gasteiger partial charge is 0.295 e. The Kier molecular flexibility index (Phi) is 7.89. The van der Waals surface area contributed by atoms with Crippen molar-refractivity contribution in [3.63, 3.8) is 0 Å². The molecule has 42 heavy (non-hydrogen) atoms. The molecule has 0 saturated heterocycles. The number of carbonyl (C=O) groups excluding carboxylic acids is 1. The lowest BCUT2D eigenvalue weighted by Crippen LogP contribution is -2.23. The molecule has 0 spiro atoms. The number of hydrogen-bond acceptors (Lipinski definition) is 5. The van der Waals surface area contributed by atoms with Gasteiger partial charge in [-0.3, -0.25) is 14.3 Å². The monoisotopic (exact) mass is 558 g/mol. The summed E-state index contributed by atoms with van der Waals surface area (Å²) in [6, 6.07) is 26.5. The standard InChI is InChI=1S/C33H30N6O3/c1-5-42-29-17-16-24(18-22(29)2)31-26(21-38(36-31)27-12-8-6-9-13-27)19-25(20-34)32(40)35-30-23(3)37(4)39(33(30)41)28-14-10-7-11-15-28/h6-19,21H,5H2,1-4H3,(H,35,40). The summed E-state index contributed by atoms with van der Waals surface area (Å²) in [5.74, 6) is 0.0853. The van der Waals surface area contributed by atoms with E-state index in [9.17, 15) is 14.9 Å². The lowest BCUT2D eigenvalue weighted by atomic mass is 10.0. The molecule has 0 bridgehead atoms. The second kappa shape index (κ2) is 11.9. The molecular formula is C33H30N6O3. The number of anilines is 1. The van der Waals surface area contributed by atoms with Gasteiger partial charge in [-0.15, -0.1) is 0 Å². The Morgan fingerprint density at radius 2 is 1.69 bits per heavy atom. The first kappa shape index (κ1) is 27.9. The fourth-order valence-corrected chi connectivity index (χ4v) is 4.74. The van der Waals surface area contributed by atoms with Gasteiger partial charge in [0.25, 0.3) is 11.5 Å². The van der Waals surface area contributed by atoms with Crippen LogP contribution in [-0.4, -0.2) is 31.7 Å². The molecule has 0 fully saturated rings. The number of aromatic nitrogens is 4. The van der Waals surface area contributed by atoms with Gasteiger partial charge in [0.1, 0.15) is 28.8 Å². The quantitative estimate of drug-likeness (QED) is 0.197. The highest BCUT2D eigenvalue weighted by atomic mass is 16.5. The molecule has 9 nitrogen and oxygen atoms in total. The van der Waals surface area contributed by atoms with E-state index in [4.69, 9.17) is 9.84 Å². The molecule has 5 rings (SSSR count). The van der Waals surface area contributed by atoms with Crippen LogP contribution in [0.4, 0.5) is 5.69 Å². The molecule has 1 amide bonds. The van der Waals surface area contributed by atoms with Gasteiger partial charge in [0, 0.05) is 24.4 Å². The Morgan fingerprint density at radius 3 is 2.31 bits per heavy atom. The lowest BCUT2D eigenvalue weighted by molar-refractivity contribution is -0.112. The van der Waals surface area contributed by atoms with Crippen LogP contribution < -0.4 is 15.6 Å². The van der Waals surface area contributed by atoms with E-state index in [2.05, 4.69) is 5.32 Å². The second-order valence-electron chi connectivity index (χ2n) is 9.69. The molecule has 9 heteroatoms. The van der Waals surface area contributed by atoms with E-state index in [0.29, 0.717) is 29.2 Å². The van der Waals surface area contributed by atoms with Crippen LogP contribution in [0.25, 0.3) is 28.7 Å². The topological polar surface area (TPSA) is 107 Å². The maximum absolute atomic E-state index is 13.4. The van der Waals surface area contributed by atoms with Gasteiger partial charge in [-0.2, -0.15) is 10.4 Å². The number of benzene rings is 3. The lowest BCUT2D eigenvalue weighted by Gasteiger charge is -2.09. The minimum Gasteiger partial charge on any atom is -0.494 e. The molecule has 5 aromatic rings. The third kappa shape index (κ3) is 5.38. The molecule has 2 heterocycles. The van der Waals surface area contributed by atoms with E-state index in [1.54, 1.807) is 29.5 Å². The summed E-state index contributed by atoms with van der Waals surface area (Å²) in [6.45, 7) is 6.17. The van der Waals surface area contributed by atoms with E-state index in [1.165, 1.54) is 10.8 Å². The summed E-state index contributed by atoms with van der Waals surface area (Å²) >= 11 is 0. The van der Waals surface area contributed by atoms with Crippen molar-refractivity contribution in [1.82, 2.24) is 19.1 Å². The molecule has 2 aromatic heterocycles. The third-order valence-corrected chi connectivity index (χ3v) is 6.97. The summed E-state index contributed by atoms with van der Waals surface area (Å²) in [7, 11) is 1.74. The highest BCUT2D eigenvalue weighted by molar-refractivity contribution is 6.10. The van der Waals surface area contributed by atoms with Crippen molar-refractivity contribution in [3.8, 4) is 34.5 Å². The SMILES string of the molecule is CCOc1ccc(-c2nn(-c3ccccc3)cc2C=C(C#N)C(=O)Nc2c(C)n(C)n(-c3ccccc3)c2=O)cc1C. The summed E-state index contributed by atoms with van der Waals surface area (Å²) in [5, 5.41) is 17.5. The van der Waals surface area contributed by atoms with Crippen LogP contribution in [0.1, 0.15) is 23.7 Å². The molecule has 0 unspecified atom stereocenters. The summed E-state index contributed by atoms with van der Waals surface area (Å²) in [5.41, 5.74) is 4.49. The first-order valence-electron chi connectivity index (χ1n) is 13.5. The fraction of sp³-hybridized carbons (Fsp3) is 0.152. The van der Waals surface area contributed by atoms with Gasteiger partial charge in [-0.25, -0.2) is 9.36 Å². The van der Waals surface area contributed by atoms with Gasteiger partial charge < -0.3 is 10.1 Å². The van der Waals surface area contributed by atoms with E-state index >= 15 is 0 Å². The molecule has 0 atom stereocenters. The number of carbonyl (C=O) groups is 1. The van der Waals surface area contributed by atoms with Crippen LogP contribution in [0, 0.1) is 25.2 Å². The van der Waals surface area contributed by atoms with Gasteiger partial charge in [-0.1, -0.05) is 36.4 Å². The number of para-hydroxylation sites is 2. The minimum atomic E-state index is -0.690. The third-order valence-electron chi connectivity index (χ3n) is 6.97. The number of rotatable bonds is 8. The van der Waals surface area contributed by atoms with E-state index in [1.807, 2.05) is 98.8 Å². The maximum Gasteiger partial charge on any atom is 0.295 e. The molecule has 0 saturated carbocycles. The van der Waals surface area contributed by atoms with Crippen molar-refractivity contribution >= 4 is 17.7 Å². The Morgan fingerprint density at radius 1 is 1.02 bits per heavy atom. The molecule has 0 aliphatic carbocycles. The van der Waals surface area contributed by atoms with Crippen LogP contribution >= 0.6 is 0 Å². The fourth-order valence-electron chi connectivity index (χ4n) is 4.74. The zero-order chi connectivity index (χ0) is 29.8. The van der Waals surface area contributed by atoms with Crippen molar-refractivity contribution in [2.24, 2.45) is 7.05 Å². The highest BCUT2D eigenvalue weighted by Crippen LogP contribution is 2.30. The Bertz CT molecular complexity index is 1890. The average molecular weight is 559 g/mol. The first-order valence-corrected chi connectivity index (χ1v) is 13.5. The Balaban J connectivity index is 1.55. The highest BCUT2D eigenvalue weighted by Gasteiger charge is 2.21. The van der Waals surface area contributed by atoms with Gasteiger partial charge in [0.15, 0.2) is 0 Å². The van der Waals surface area contributed by atoms with Gasteiger partial charge in [-0.05, 0) is 74.9 Å². The first-order chi connectivity index (χ1) is 20.3. The summed E-state index contributed by atoms with van der Waals surface area (Å²) in [6.07, 6.45) is 3.27. The molecule has 0 aliphatic rings. The van der Waals surface area contributed by atoms with Crippen LogP contribution in [-0.2, 0) is 11.8 Å². The predicted octanol–water partition coefficient (Wildman–Crippen LogP) is 5.59. The molecule has 1 N–H and O–H groups in total. The van der Waals surface area contributed by atoms with Crippen molar-refractivity contribution in [3.05, 3.63) is 118 Å². The number of nitrogens with one attached hydrogen (secondary N) is 1. The van der Waals surface area contributed by atoms with E-state index in [0.717, 1.165) is 22.6 Å². The number of nitriles is 1. The summed E-state index contributed by atoms with van der Waals surface area (Å²) in [4.78, 5) is 26.7. The van der Waals surface area contributed by atoms with Gasteiger partial charge in [0.2, 0.25) is 0 Å². The molecule has 3 aromatic carbocycles. The van der Waals surface area contributed by atoms with Crippen LogP contribution in [0.15, 0.2) is 95.4 Å². The molecule has 0 aliphatic heterocycles. The Labute approximate surface area is 243 Å². The van der Waals surface area contributed by atoms with Crippen molar-refractivity contribution < 1.29 is 9.53 Å². The molecule has 210 valence electrons. The Hall–Kier alpha value is -5.62. The van der Waals surface area contributed by atoms with Crippen LogP contribution in [0.3, 0.4) is 0 Å². The van der Waals surface area contributed by atoms with E-state index in [-0.39, 0.29) is 11.3 Å². The van der Waals surface area contributed by atoms with Crippen molar-refractivity contribution in [1.29, 1.82) is 5.26 Å². The van der Waals surface area contributed by atoms with E-state index < -0.39 is 11.5 Å². The second-order valence-corrected chi connectivity index (χ2v) is 9.69. The number of aryl methyl sites for hydroxylation is 1. The normalized spacial score (nSPS) is 11.3. The average Bonchev–Trinajstić information content (AvgIpc) is 3.52. The van der Waals surface area contributed by atoms with Crippen LogP contribution in [0.5, 0.6) is 5.75 Å². The number of nitrogens with zero attached hydrogens (tertiary/aromatic N) is 5. The minimum absolute atomic E-state index is 0.106. The number of amides is 1. The van der Waals surface area contributed by atoms with Crippen molar-refractivity contribution in [2.45, 2.75) is 20.8 Å². The molecule has 0 radical (unpaired) electrons. The zero-order valence-electron chi connectivity index (χ0n) is 23.8.